The number of hydrogen-bond acceptors (Lipinski definition) is 5. The van der Waals surface area contributed by atoms with Gasteiger partial charge in [-0.1, -0.05) is 18.2 Å². The van der Waals surface area contributed by atoms with Crippen molar-refractivity contribution in [2.24, 2.45) is 12.8 Å². The molecule has 1 aromatic heterocycles. The second-order valence-corrected chi connectivity index (χ2v) is 6.41. The van der Waals surface area contributed by atoms with Crippen LogP contribution in [0.4, 0.5) is 5.69 Å². The Bertz CT molecular complexity index is 938. The third-order valence-corrected chi connectivity index (χ3v) is 4.61. The molecule has 2 N–H and O–H groups in total. The molecule has 7 heteroatoms. The zero-order chi connectivity index (χ0) is 18.0. The smallest absolute Gasteiger partial charge is 0.331 e. The number of anilines is 1. The maximum absolute atomic E-state index is 12.5. The number of aromatic nitrogens is 2. The van der Waals surface area contributed by atoms with E-state index in [-0.39, 0.29) is 18.1 Å². The molecule has 130 valence electrons. The molecule has 0 aliphatic carbocycles. The molecule has 25 heavy (non-hydrogen) atoms. The van der Waals surface area contributed by atoms with E-state index in [1.165, 1.54) is 11.6 Å². The minimum absolute atomic E-state index is 0.0261. The molecule has 2 aromatic rings. The van der Waals surface area contributed by atoms with Gasteiger partial charge in [0, 0.05) is 32.4 Å². The molecule has 1 aliphatic heterocycles. The summed E-state index contributed by atoms with van der Waals surface area (Å²) in [6.45, 7) is 1.59. The molecule has 1 atom stereocenters. The summed E-state index contributed by atoms with van der Waals surface area (Å²) in [5.74, 6) is 0. The van der Waals surface area contributed by atoms with Crippen LogP contribution in [0.25, 0.3) is 0 Å². The van der Waals surface area contributed by atoms with Gasteiger partial charge in [0.05, 0.1) is 18.2 Å². The molecular formula is C18H21N5O2. The highest BCUT2D eigenvalue weighted by Gasteiger charge is 2.21. The van der Waals surface area contributed by atoms with Gasteiger partial charge < -0.3 is 10.6 Å². The van der Waals surface area contributed by atoms with Crippen molar-refractivity contribution in [1.29, 1.82) is 5.26 Å². The number of hydrogen-bond donors (Lipinski definition) is 1. The molecule has 3 rings (SSSR count). The van der Waals surface area contributed by atoms with E-state index in [9.17, 15) is 14.9 Å². The molecule has 1 saturated heterocycles. The summed E-state index contributed by atoms with van der Waals surface area (Å²) in [4.78, 5) is 27.0. The molecule has 7 nitrogen and oxygen atoms in total. The fourth-order valence-corrected chi connectivity index (χ4v) is 3.22. The average Bonchev–Trinajstić information content (AvgIpc) is 2.62. The highest BCUT2D eigenvalue weighted by Crippen LogP contribution is 2.16. The first kappa shape index (κ1) is 17.0. The second kappa shape index (κ2) is 6.95. The van der Waals surface area contributed by atoms with Crippen LogP contribution in [0, 0.1) is 11.3 Å². The molecular weight excluding hydrogens is 318 g/mol. The van der Waals surface area contributed by atoms with Crippen LogP contribution in [0.1, 0.15) is 24.0 Å². The lowest BCUT2D eigenvalue weighted by Crippen LogP contribution is -2.47. The zero-order valence-electron chi connectivity index (χ0n) is 14.2. The second-order valence-electron chi connectivity index (χ2n) is 6.41. The van der Waals surface area contributed by atoms with Crippen molar-refractivity contribution >= 4 is 5.69 Å². The van der Waals surface area contributed by atoms with Gasteiger partial charge in [-0.3, -0.25) is 13.9 Å². The molecule has 0 saturated carbocycles. The summed E-state index contributed by atoms with van der Waals surface area (Å²) in [7, 11) is 1.48. The lowest BCUT2D eigenvalue weighted by atomic mass is 10.1. The third-order valence-electron chi connectivity index (χ3n) is 4.61. The van der Waals surface area contributed by atoms with Crippen LogP contribution in [0.2, 0.25) is 0 Å². The van der Waals surface area contributed by atoms with Crippen LogP contribution in [0.3, 0.4) is 0 Å². The average molecular weight is 339 g/mol. The van der Waals surface area contributed by atoms with Crippen LogP contribution < -0.4 is 21.9 Å². The van der Waals surface area contributed by atoms with Gasteiger partial charge in [0.25, 0.3) is 5.56 Å². The van der Waals surface area contributed by atoms with E-state index in [2.05, 4.69) is 6.07 Å². The Labute approximate surface area is 145 Å². The number of nitrogens with two attached hydrogens (primary N) is 1. The summed E-state index contributed by atoms with van der Waals surface area (Å²) >= 11 is 0. The maximum atomic E-state index is 12.5. The van der Waals surface area contributed by atoms with Crippen molar-refractivity contribution < 1.29 is 0 Å². The van der Waals surface area contributed by atoms with Crippen molar-refractivity contribution in [3.63, 3.8) is 0 Å². The quantitative estimate of drug-likeness (QED) is 0.873. The number of benzene rings is 1. The van der Waals surface area contributed by atoms with Crippen LogP contribution in [-0.4, -0.2) is 28.3 Å². The minimum Gasteiger partial charge on any atom is -0.364 e. The summed E-state index contributed by atoms with van der Waals surface area (Å²) in [5.41, 5.74) is 7.05. The van der Waals surface area contributed by atoms with Gasteiger partial charge in [-0.25, -0.2) is 4.79 Å². The highest BCUT2D eigenvalue weighted by atomic mass is 16.2. The largest absolute Gasteiger partial charge is 0.364 e. The van der Waals surface area contributed by atoms with E-state index in [0.717, 1.165) is 29.5 Å². The summed E-state index contributed by atoms with van der Waals surface area (Å²) in [5, 5.41) is 9.24. The molecule has 0 amide bonds. The number of nitriles is 1. The van der Waals surface area contributed by atoms with E-state index >= 15 is 0 Å². The molecule has 1 aliphatic rings. The Hall–Kier alpha value is -2.85. The standard InChI is InChI=1S/C18H21N5O2/c1-21-17(24)16(22-8-4-7-15(20)11-22)12-23(18(21)25)10-14-6-3-2-5-13(14)9-19/h2-3,5-6,12,15H,4,7-8,10-11,20H2,1H3/t15-/m1/s1. The molecule has 1 fully saturated rings. The van der Waals surface area contributed by atoms with Gasteiger partial charge in [0.2, 0.25) is 0 Å². The SMILES string of the molecule is Cn1c(=O)c(N2CCC[C@@H](N)C2)cn(Cc2ccccc2C#N)c1=O. The fourth-order valence-electron chi connectivity index (χ4n) is 3.22. The molecule has 0 unspecified atom stereocenters. The van der Waals surface area contributed by atoms with Crippen LogP contribution in [0.5, 0.6) is 0 Å². The number of piperidine rings is 1. The van der Waals surface area contributed by atoms with Crippen molar-refractivity contribution in [2.45, 2.75) is 25.4 Å². The van der Waals surface area contributed by atoms with E-state index in [0.29, 0.717) is 17.8 Å². The zero-order valence-corrected chi connectivity index (χ0v) is 14.2. The molecule has 0 bridgehead atoms. The van der Waals surface area contributed by atoms with Crippen molar-refractivity contribution in [1.82, 2.24) is 9.13 Å². The van der Waals surface area contributed by atoms with Crippen molar-refractivity contribution in [3.05, 3.63) is 62.4 Å². The van der Waals surface area contributed by atoms with Gasteiger partial charge >= 0.3 is 5.69 Å². The van der Waals surface area contributed by atoms with Crippen LogP contribution >= 0.6 is 0 Å². The summed E-state index contributed by atoms with van der Waals surface area (Å²) < 4.78 is 2.59. The normalized spacial score (nSPS) is 17.3. The van der Waals surface area contributed by atoms with Crippen molar-refractivity contribution in [3.8, 4) is 6.07 Å². The van der Waals surface area contributed by atoms with Gasteiger partial charge in [-0.15, -0.1) is 0 Å². The summed E-state index contributed by atoms with van der Waals surface area (Å²) in [6.07, 6.45) is 3.45. The Morgan fingerprint density at radius 2 is 2.08 bits per heavy atom. The van der Waals surface area contributed by atoms with E-state index in [1.807, 2.05) is 17.0 Å². The maximum Gasteiger partial charge on any atom is 0.331 e. The van der Waals surface area contributed by atoms with Gasteiger partial charge in [-0.05, 0) is 24.5 Å². The third kappa shape index (κ3) is 3.35. The Morgan fingerprint density at radius 1 is 1.32 bits per heavy atom. The predicted octanol–water partition coefficient (Wildman–Crippen LogP) is 0.394. The fraction of sp³-hybridized carbons (Fsp3) is 0.389. The van der Waals surface area contributed by atoms with Gasteiger partial charge in [0.15, 0.2) is 0 Å². The Balaban J connectivity index is 2.04. The Morgan fingerprint density at radius 3 is 2.80 bits per heavy atom. The van der Waals surface area contributed by atoms with E-state index in [1.54, 1.807) is 18.3 Å². The monoisotopic (exact) mass is 339 g/mol. The number of rotatable bonds is 3. The molecule has 2 heterocycles. The first-order valence-electron chi connectivity index (χ1n) is 8.30. The molecule has 0 radical (unpaired) electrons. The first-order valence-corrected chi connectivity index (χ1v) is 8.30. The lowest BCUT2D eigenvalue weighted by Gasteiger charge is -2.32. The van der Waals surface area contributed by atoms with Gasteiger partial charge in [0.1, 0.15) is 5.69 Å². The highest BCUT2D eigenvalue weighted by molar-refractivity contribution is 5.44. The topological polar surface area (TPSA) is 97.1 Å². The van der Waals surface area contributed by atoms with Gasteiger partial charge in [-0.2, -0.15) is 5.26 Å². The van der Waals surface area contributed by atoms with E-state index in [4.69, 9.17) is 5.73 Å². The number of nitrogens with zero attached hydrogens (tertiary/aromatic N) is 4. The Kier molecular flexibility index (Phi) is 4.72. The minimum atomic E-state index is -0.400. The lowest BCUT2D eigenvalue weighted by molar-refractivity contribution is 0.500. The first-order chi connectivity index (χ1) is 12.0. The predicted molar refractivity (Wildman–Crippen MR) is 95.6 cm³/mol. The van der Waals surface area contributed by atoms with E-state index < -0.39 is 5.69 Å². The molecule has 0 spiro atoms. The summed E-state index contributed by atoms with van der Waals surface area (Å²) in [6, 6.07) is 9.30. The van der Waals surface area contributed by atoms with Crippen LogP contribution in [0.15, 0.2) is 40.1 Å². The molecule has 1 aromatic carbocycles. The van der Waals surface area contributed by atoms with Crippen LogP contribution in [-0.2, 0) is 13.6 Å². The van der Waals surface area contributed by atoms with Crippen molar-refractivity contribution in [2.75, 3.05) is 18.0 Å².